The molecule has 2 heterocycles. The summed E-state index contributed by atoms with van der Waals surface area (Å²) in [7, 11) is 1.70. The highest BCUT2D eigenvalue weighted by Gasteiger charge is 2.37. The van der Waals surface area contributed by atoms with Crippen molar-refractivity contribution in [3.8, 4) is 0 Å². The Kier molecular flexibility index (Phi) is 6.48. The molecule has 2 fully saturated rings. The number of methoxy groups -OCH3 is 1. The van der Waals surface area contributed by atoms with E-state index in [0.717, 1.165) is 25.8 Å². The molecular formula is C21H33N5O3. The first kappa shape index (κ1) is 20.7. The van der Waals surface area contributed by atoms with Crippen LogP contribution in [-0.4, -0.2) is 50.0 Å². The third kappa shape index (κ3) is 4.33. The minimum absolute atomic E-state index is 0.0161. The number of nitrogens with zero attached hydrogens (tertiary/aromatic N) is 1. The van der Waals surface area contributed by atoms with Gasteiger partial charge in [0.2, 0.25) is 5.91 Å². The number of benzene rings is 1. The maximum Gasteiger partial charge on any atom is 0.226 e. The van der Waals surface area contributed by atoms with Gasteiger partial charge in [-0.1, -0.05) is 25.1 Å². The summed E-state index contributed by atoms with van der Waals surface area (Å²) in [5.41, 5.74) is 10.1. The van der Waals surface area contributed by atoms with Crippen LogP contribution in [0.2, 0.25) is 0 Å². The highest BCUT2D eigenvalue weighted by atomic mass is 16.7. The first-order chi connectivity index (χ1) is 14.1. The monoisotopic (exact) mass is 403 g/mol. The Balaban J connectivity index is 1.37. The summed E-state index contributed by atoms with van der Waals surface area (Å²) in [5, 5.41) is 8.83. The molecule has 4 rings (SSSR count). The summed E-state index contributed by atoms with van der Waals surface area (Å²) in [5.74, 6) is 0.0790. The number of aryl methyl sites for hydroxylation is 1. The van der Waals surface area contributed by atoms with Gasteiger partial charge < -0.3 is 10.1 Å². The topological polar surface area (TPSA) is 86.9 Å². The van der Waals surface area contributed by atoms with Crippen LogP contribution in [0.4, 0.5) is 0 Å². The van der Waals surface area contributed by atoms with E-state index in [4.69, 9.17) is 9.57 Å². The van der Waals surface area contributed by atoms with Crippen LogP contribution in [0.5, 0.6) is 0 Å². The zero-order chi connectivity index (χ0) is 20.4. The van der Waals surface area contributed by atoms with Gasteiger partial charge in [0.05, 0.1) is 18.6 Å². The molecule has 1 aromatic carbocycles. The number of nitrogens with one attached hydrogen (secondary N) is 4. The molecule has 0 bridgehead atoms. The zero-order valence-corrected chi connectivity index (χ0v) is 17.5. The van der Waals surface area contributed by atoms with Gasteiger partial charge in [-0.2, -0.15) is 5.48 Å². The second kappa shape index (κ2) is 9.07. The van der Waals surface area contributed by atoms with Crippen LogP contribution in [0.25, 0.3) is 0 Å². The Morgan fingerprint density at radius 2 is 2.28 bits per heavy atom. The van der Waals surface area contributed by atoms with Crippen molar-refractivity contribution in [1.82, 2.24) is 26.5 Å². The fourth-order valence-electron chi connectivity index (χ4n) is 4.55. The Hall–Kier alpha value is -1.55. The third-order valence-electron chi connectivity index (χ3n) is 6.41. The molecule has 1 aromatic rings. The SMILES string of the molecule is CCC1NC(c2ccc3c(c2)CC[C@H]3NC(=O)C2CNN(CCOC)C2C)NO1. The van der Waals surface area contributed by atoms with Crippen molar-refractivity contribution in [3.05, 3.63) is 34.9 Å². The molecule has 0 aromatic heterocycles. The van der Waals surface area contributed by atoms with E-state index in [1.54, 1.807) is 7.11 Å². The number of rotatable bonds is 7. The van der Waals surface area contributed by atoms with E-state index in [9.17, 15) is 4.79 Å². The largest absolute Gasteiger partial charge is 0.383 e. The lowest BCUT2D eigenvalue weighted by molar-refractivity contribution is -0.126. The van der Waals surface area contributed by atoms with Gasteiger partial charge in [-0.25, -0.2) is 5.01 Å². The van der Waals surface area contributed by atoms with Crippen molar-refractivity contribution in [2.75, 3.05) is 26.8 Å². The van der Waals surface area contributed by atoms with Crippen molar-refractivity contribution in [1.29, 1.82) is 0 Å². The average Bonchev–Trinajstić information content (AvgIpc) is 3.45. The smallest absolute Gasteiger partial charge is 0.226 e. The summed E-state index contributed by atoms with van der Waals surface area (Å²) in [4.78, 5) is 18.5. The van der Waals surface area contributed by atoms with Crippen LogP contribution in [0.15, 0.2) is 18.2 Å². The number of carbonyl (C=O) groups is 1. The number of amides is 1. The fourth-order valence-corrected chi connectivity index (χ4v) is 4.55. The minimum atomic E-state index is -0.0507. The molecule has 1 amide bonds. The number of ether oxygens (including phenoxy) is 1. The molecule has 160 valence electrons. The van der Waals surface area contributed by atoms with Crippen molar-refractivity contribution in [3.63, 3.8) is 0 Å². The van der Waals surface area contributed by atoms with Gasteiger partial charge in [0.25, 0.3) is 0 Å². The van der Waals surface area contributed by atoms with Crippen molar-refractivity contribution in [2.24, 2.45) is 5.92 Å². The van der Waals surface area contributed by atoms with E-state index >= 15 is 0 Å². The molecule has 0 saturated carbocycles. The fraction of sp³-hybridized carbons (Fsp3) is 0.667. The number of hydrogen-bond donors (Lipinski definition) is 4. The average molecular weight is 404 g/mol. The molecule has 8 nitrogen and oxygen atoms in total. The van der Waals surface area contributed by atoms with E-state index in [1.165, 1.54) is 16.7 Å². The minimum Gasteiger partial charge on any atom is -0.383 e. The van der Waals surface area contributed by atoms with Crippen molar-refractivity contribution < 1.29 is 14.4 Å². The Morgan fingerprint density at radius 1 is 1.41 bits per heavy atom. The van der Waals surface area contributed by atoms with E-state index in [-0.39, 0.29) is 36.3 Å². The van der Waals surface area contributed by atoms with Crippen LogP contribution in [0.1, 0.15) is 55.6 Å². The molecule has 29 heavy (non-hydrogen) atoms. The van der Waals surface area contributed by atoms with Gasteiger partial charge >= 0.3 is 0 Å². The number of hydroxylamine groups is 1. The lowest BCUT2D eigenvalue weighted by Gasteiger charge is -2.24. The predicted molar refractivity (Wildman–Crippen MR) is 109 cm³/mol. The van der Waals surface area contributed by atoms with Gasteiger partial charge in [0.15, 0.2) is 0 Å². The normalized spacial score (nSPS) is 31.9. The summed E-state index contributed by atoms with van der Waals surface area (Å²) in [6.07, 6.45) is 2.91. The second-order valence-electron chi connectivity index (χ2n) is 8.19. The molecule has 2 saturated heterocycles. The van der Waals surface area contributed by atoms with Crippen molar-refractivity contribution >= 4 is 5.91 Å². The highest BCUT2D eigenvalue weighted by Crippen LogP contribution is 2.34. The zero-order valence-electron chi connectivity index (χ0n) is 17.5. The number of fused-ring (bicyclic) bond motifs is 1. The summed E-state index contributed by atoms with van der Waals surface area (Å²) >= 11 is 0. The van der Waals surface area contributed by atoms with Gasteiger partial charge in [-0.3, -0.25) is 20.4 Å². The first-order valence-electron chi connectivity index (χ1n) is 10.7. The molecule has 0 radical (unpaired) electrons. The predicted octanol–water partition coefficient (Wildman–Crippen LogP) is 1.12. The van der Waals surface area contributed by atoms with Gasteiger partial charge in [0.1, 0.15) is 12.4 Å². The van der Waals surface area contributed by atoms with Crippen LogP contribution in [0.3, 0.4) is 0 Å². The lowest BCUT2D eigenvalue weighted by Crippen LogP contribution is -2.42. The standard InChI is InChI=1S/C21H33N5O3/c1-4-19-24-20(25-29-19)15-5-7-16-14(11-15)6-8-18(16)23-21(27)17-12-22-26(13(17)2)9-10-28-3/h5,7,11,13,17-20,22,24-25H,4,6,8-10,12H2,1-3H3,(H,23,27)/t13?,17?,18-,19?,20?/m1/s1. The molecule has 2 aliphatic heterocycles. The van der Waals surface area contributed by atoms with Crippen LogP contribution in [0, 0.1) is 5.92 Å². The highest BCUT2D eigenvalue weighted by molar-refractivity contribution is 5.80. The molecule has 0 spiro atoms. The molecule has 3 aliphatic rings. The van der Waals surface area contributed by atoms with Crippen LogP contribution < -0.4 is 21.5 Å². The summed E-state index contributed by atoms with van der Waals surface area (Å²) < 4.78 is 5.15. The Labute approximate surface area is 172 Å². The van der Waals surface area contributed by atoms with E-state index in [2.05, 4.69) is 58.6 Å². The number of hydrazine groups is 1. The lowest BCUT2D eigenvalue weighted by atomic mass is 10.00. The Morgan fingerprint density at radius 3 is 3.03 bits per heavy atom. The maximum atomic E-state index is 12.9. The van der Waals surface area contributed by atoms with Gasteiger partial charge in [-0.15, -0.1) is 0 Å². The molecular weight excluding hydrogens is 370 g/mol. The van der Waals surface area contributed by atoms with Crippen LogP contribution >= 0.6 is 0 Å². The Bertz CT molecular complexity index is 730. The number of carbonyl (C=O) groups excluding carboxylic acids is 1. The first-order valence-corrected chi connectivity index (χ1v) is 10.7. The summed E-state index contributed by atoms with van der Waals surface area (Å²) in [6, 6.07) is 6.77. The molecule has 8 heteroatoms. The second-order valence-corrected chi connectivity index (χ2v) is 8.19. The quantitative estimate of drug-likeness (QED) is 0.543. The molecule has 5 atom stereocenters. The molecule has 4 N–H and O–H groups in total. The maximum absolute atomic E-state index is 12.9. The summed E-state index contributed by atoms with van der Waals surface area (Å²) in [6.45, 7) is 6.30. The van der Waals surface area contributed by atoms with Gasteiger partial charge in [0, 0.05) is 26.2 Å². The van der Waals surface area contributed by atoms with Gasteiger partial charge in [-0.05, 0) is 42.9 Å². The number of hydrogen-bond acceptors (Lipinski definition) is 7. The van der Waals surface area contributed by atoms with Crippen molar-refractivity contribution in [2.45, 2.75) is 57.6 Å². The van der Waals surface area contributed by atoms with E-state index in [0.29, 0.717) is 13.2 Å². The van der Waals surface area contributed by atoms with E-state index < -0.39 is 0 Å². The third-order valence-corrected chi connectivity index (χ3v) is 6.41. The van der Waals surface area contributed by atoms with Crippen LogP contribution in [-0.2, 0) is 20.8 Å². The molecule has 1 aliphatic carbocycles. The van der Waals surface area contributed by atoms with E-state index in [1.807, 2.05) is 0 Å². The molecule has 4 unspecified atom stereocenters.